The lowest BCUT2D eigenvalue weighted by molar-refractivity contribution is 0.0650. The normalized spacial score (nSPS) is 15.9. The van der Waals surface area contributed by atoms with Crippen molar-refractivity contribution in [1.29, 1.82) is 0 Å². The molecule has 30 heavy (non-hydrogen) atoms. The summed E-state index contributed by atoms with van der Waals surface area (Å²) in [4.78, 5) is 25.5. The first-order valence-corrected chi connectivity index (χ1v) is 9.94. The highest BCUT2D eigenvalue weighted by Crippen LogP contribution is 2.51. The van der Waals surface area contributed by atoms with Gasteiger partial charge in [-0.1, -0.05) is 48.5 Å². The molecule has 0 unspecified atom stereocenters. The number of carbonyl (C=O) groups excluding carboxylic acids is 1. The van der Waals surface area contributed by atoms with E-state index >= 15 is 0 Å². The fourth-order valence-electron chi connectivity index (χ4n) is 4.43. The summed E-state index contributed by atoms with van der Waals surface area (Å²) < 4.78 is 11.2. The second-order valence-electron chi connectivity index (χ2n) is 7.86. The molecule has 6 heteroatoms. The summed E-state index contributed by atoms with van der Waals surface area (Å²) in [6, 6.07) is 19.4. The van der Waals surface area contributed by atoms with E-state index in [0.717, 1.165) is 11.1 Å². The monoisotopic (exact) mass is 403 g/mol. The molecule has 6 nitrogen and oxygen atoms in total. The molecule has 1 N–H and O–H groups in total. The largest absolute Gasteiger partial charge is 0.475 e. The van der Waals surface area contributed by atoms with Gasteiger partial charge in [0.2, 0.25) is 5.76 Å². The van der Waals surface area contributed by atoms with Gasteiger partial charge in [-0.2, -0.15) is 0 Å². The number of amides is 1. The zero-order chi connectivity index (χ0) is 20.9. The van der Waals surface area contributed by atoms with E-state index in [4.69, 9.17) is 14.3 Å². The fourth-order valence-corrected chi connectivity index (χ4v) is 4.43. The number of carboxylic acid groups (broad SMARTS) is 1. The second kappa shape index (κ2) is 6.76. The summed E-state index contributed by atoms with van der Waals surface area (Å²) in [5, 5.41) is 9.10. The molecule has 0 saturated heterocycles. The van der Waals surface area contributed by atoms with Gasteiger partial charge in [0.1, 0.15) is 17.9 Å². The number of nitrogens with zero attached hydrogens (tertiary/aromatic N) is 1. The van der Waals surface area contributed by atoms with Crippen molar-refractivity contribution >= 4 is 12.1 Å². The number of aromatic carboxylic acids is 1. The zero-order valence-electron chi connectivity index (χ0n) is 16.5. The number of benzene rings is 2. The van der Waals surface area contributed by atoms with Crippen molar-refractivity contribution in [2.24, 2.45) is 0 Å². The number of rotatable bonds is 5. The number of ether oxygens (including phenoxy) is 1. The van der Waals surface area contributed by atoms with Gasteiger partial charge in [-0.15, -0.1) is 0 Å². The Morgan fingerprint density at radius 1 is 1.03 bits per heavy atom. The van der Waals surface area contributed by atoms with Crippen LogP contribution in [0.5, 0.6) is 0 Å². The van der Waals surface area contributed by atoms with Crippen LogP contribution in [0.4, 0.5) is 4.79 Å². The van der Waals surface area contributed by atoms with Crippen molar-refractivity contribution in [3.63, 3.8) is 0 Å². The van der Waals surface area contributed by atoms with Crippen molar-refractivity contribution in [2.45, 2.75) is 24.3 Å². The number of fused-ring (bicyclic) bond motifs is 3. The predicted molar refractivity (Wildman–Crippen MR) is 109 cm³/mol. The number of carbonyl (C=O) groups is 2. The first-order valence-electron chi connectivity index (χ1n) is 9.94. The fraction of sp³-hybridized carbons (Fsp3) is 0.250. The molecule has 0 radical (unpaired) electrons. The average Bonchev–Trinajstić information content (AvgIpc) is 3.29. The lowest BCUT2D eigenvalue weighted by Crippen LogP contribution is -2.38. The molecule has 1 heterocycles. The van der Waals surface area contributed by atoms with Crippen LogP contribution >= 0.6 is 0 Å². The molecule has 1 saturated carbocycles. The molecule has 2 aliphatic carbocycles. The second-order valence-corrected chi connectivity index (χ2v) is 7.86. The lowest BCUT2D eigenvalue weighted by atomic mass is 9.98. The van der Waals surface area contributed by atoms with E-state index in [1.54, 1.807) is 13.1 Å². The van der Waals surface area contributed by atoms with Gasteiger partial charge in [0, 0.05) is 13.0 Å². The number of carboxylic acids is 1. The van der Waals surface area contributed by atoms with Crippen LogP contribution in [0, 0.1) is 0 Å². The first-order chi connectivity index (χ1) is 14.5. The van der Waals surface area contributed by atoms with Crippen LogP contribution in [-0.4, -0.2) is 35.7 Å². The average molecular weight is 403 g/mol. The Morgan fingerprint density at radius 3 is 2.17 bits per heavy atom. The maximum absolute atomic E-state index is 12.9. The summed E-state index contributed by atoms with van der Waals surface area (Å²) in [6.45, 7) is 0.242. The Balaban J connectivity index is 1.33. The van der Waals surface area contributed by atoms with Crippen LogP contribution in [0.2, 0.25) is 0 Å². The molecular formula is C24H21NO5. The Morgan fingerprint density at radius 2 is 1.63 bits per heavy atom. The summed E-state index contributed by atoms with van der Waals surface area (Å²) >= 11 is 0. The molecule has 0 spiro atoms. The van der Waals surface area contributed by atoms with Gasteiger partial charge in [0.05, 0.1) is 0 Å². The molecule has 5 rings (SSSR count). The third kappa shape index (κ3) is 2.79. The van der Waals surface area contributed by atoms with E-state index in [1.165, 1.54) is 22.1 Å². The third-order valence-corrected chi connectivity index (χ3v) is 6.25. The third-order valence-electron chi connectivity index (χ3n) is 6.25. The molecule has 2 aromatic carbocycles. The van der Waals surface area contributed by atoms with Gasteiger partial charge in [0.25, 0.3) is 0 Å². The minimum Gasteiger partial charge on any atom is -0.475 e. The zero-order valence-corrected chi connectivity index (χ0v) is 16.5. The molecule has 152 valence electrons. The van der Waals surface area contributed by atoms with Gasteiger partial charge in [-0.3, -0.25) is 4.90 Å². The van der Waals surface area contributed by atoms with Crippen LogP contribution in [-0.2, 0) is 10.3 Å². The van der Waals surface area contributed by atoms with Crippen molar-refractivity contribution in [1.82, 2.24) is 4.90 Å². The smallest absolute Gasteiger partial charge is 0.410 e. The molecule has 0 atom stereocenters. The van der Waals surface area contributed by atoms with Gasteiger partial charge in [0.15, 0.2) is 0 Å². The van der Waals surface area contributed by atoms with E-state index < -0.39 is 17.6 Å². The number of furan rings is 1. The van der Waals surface area contributed by atoms with Crippen LogP contribution in [0.25, 0.3) is 11.1 Å². The molecule has 1 fully saturated rings. The Bertz CT molecular complexity index is 1100. The number of hydrogen-bond donors (Lipinski definition) is 1. The van der Waals surface area contributed by atoms with Crippen molar-refractivity contribution in [2.75, 3.05) is 13.7 Å². The van der Waals surface area contributed by atoms with Gasteiger partial charge < -0.3 is 14.3 Å². The van der Waals surface area contributed by atoms with Gasteiger partial charge >= 0.3 is 12.1 Å². The Kier molecular flexibility index (Phi) is 4.17. The topological polar surface area (TPSA) is 80.0 Å². The summed E-state index contributed by atoms with van der Waals surface area (Å²) in [7, 11) is 1.68. The van der Waals surface area contributed by atoms with Crippen LogP contribution in [0.15, 0.2) is 65.1 Å². The molecule has 0 aliphatic heterocycles. The molecule has 1 aromatic heterocycles. The highest BCUT2D eigenvalue weighted by Gasteiger charge is 2.53. The summed E-state index contributed by atoms with van der Waals surface area (Å²) in [6.07, 6.45) is 0.975. The molecule has 1 amide bonds. The van der Waals surface area contributed by atoms with Crippen molar-refractivity contribution < 1.29 is 23.8 Å². The maximum atomic E-state index is 12.9. The minimum atomic E-state index is -1.12. The molecular weight excluding hydrogens is 382 g/mol. The van der Waals surface area contributed by atoms with Gasteiger partial charge in [-0.25, -0.2) is 9.59 Å². The minimum absolute atomic E-state index is 0.00729. The predicted octanol–water partition coefficient (Wildman–Crippen LogP) is 4.85. The van der Waals surface area contributed by atoms with E-state index in [-0.39, 0.29) is 18.3 Å². The standard InChI is InChI=1S/C24H21NO5/c1-25(24(12-13-24)21-11-10-20(30-21)22(26)27)23(28)29-14-19-17-8-4-2-6-15(17)16-7-3-5-9-18(16)19/h2-11,19H,12-14H2,1H3,(H,26,27). The van der Waals surface area contributed by atoms with E-state index in [2.05, 4.69) is 24.3 Å². The van der Waals surface area contributed by atoms with E-state index in [1.807, 2.05) is 24.3 Å². The van der Waals surface area contributed by atoms with Crippen LogP contribution < -0.4 is 0 Å². The SMILES string of the molecule is CN(C(=O)OCC1c2ccccc2-c2ccccc21)C1(c2ccc(C(=O)O)o2)CC1. The van der Waals surface area contributed by atoms with E-state index in [9.17, 15) is 9.59 Å². The Hall–Kier alpha value is -3.54. The lowest BCUT2D eigenvalue weighted by Gasteiger charge is -2.26. The highest BCUT2D eigenvalue weighted by molar-refractivity contribution is 5.84. The van der Waals surface area contributed by atoms with Gasteiger partial charge in [-0.05, 0) is 47.2 Å². The maximum Gasteiger partial charge on any atom is 0.410 e. The van der Waals surface area contributed by atoms with Crippen molar-refractivity contribution in [3.05, 3.63) is 83.3 Å². The van der Waals surface area contributed by atoms with Crippen molar-refractivity contribution in [3.8, 4) is 11.1 Å². The summed E-state index contributed by atoms with van der Waals surface area (Å²) in [5.41, 5.74) is 4.05. The first kappa shape index (κ1) is 18.5. The van der Waals surface area contributed by atoms with E-state index in [0.29, 0.717) is 18.6 Å². The summed E-state index contributed by atoms with van der Waals surface area (Å²) in [5.74, 6) is -0.777. The quantitative estimate of drug-likeness (QED) is 0.659. The molecule has 3 aromatic rings. The highest BCUT2D eigenvalue weighted by atomic mass is 16.6. The molecule has 2 aliphatic rings. The number of hydrogen-bond acceptors (Lipinski definition) is 4. The van der Waals surface area contributed by atoms with Crippen LogP contribution in [0.3, 0.4) is 0 Å². The Labute approximate surface area is 173 Å². The molecule has 0 bridgehead atoms. The van der Waals surface area contributed by atoms with Crippen LogP contribution in [0.1, 0.15) is 46.2 Å².